The molecular formula is C33H31NO6. The van der Waals surface area contributed by atoms with Crippen LogP contribution in [0.2, 0.25) is 0 Å². The van der Waals surface area contributed by atoms with Gasteiger partial charge in [-0.3, -0.25) is 4.79 Å². The number of carbonyl (C=O) groups is 1. The Bertz CT molecular complexity index is 1580. The molecule has 2 aliphatic rings. The number of aromatic nitrogens is 1. The second-order valence-electron chi connectivity index (χ2n) is 10.3. The predicted molar refractivity (Wildman–Crippen MR) is 150 cm³/mol. The Hall–Kier alpha value is -4.52. The fourth-order valence-electron chi connectivity index (χ4n) is 5.57. The van der Waals surface area contributed by atoms with Crippen LogP contribution in [-0.4, -0.2) is 29.8 Å². The van der Waals surface area contributed by atoms with Gasteiger partial charge < -0.3 is 24.1 Å². The highest BCUT2D eigenvalue weighted by atomic mass is 16.5. The van der Waals surface area contributed by atoms with Crippen LogP contribution in [0.1, 0.15) is 45.7 Å². The number of aryl methyl sites for hydroxylation is 1. The molecular weight excluding hydrogens is 506 g/mol. The lowest BCUT2D eigenvalue weighted by Gasteiger charge is -2.28. The van der Waals surface area contributed by atoms with Crippen LogP contribution in [-0.2, 0) is 30.8 Å². The lowest BCUT2D eigenvalue weighted by molar-refractivity contribution is -0.137. The second kappa shape index (κ2) is 10.9. The molecule has 3 aromatic carbocycles. The number of ether oxygens (including phenoxy) is 4. The number of fused-ring (bicyclic) bond motifs is 2. The Morgan fingerprint density at radius 3 is 2.62 bits per heavy atom. The van der Waals surface area contributed by atoms with Crippen LogP contribution in [0, 0.1) is 6.92 Å². The Morgan fingerprint density at radius 1 is 1.00 bits per heavy atom. The molecule has 1 aliphatic heterocycles. The number of carboxylic acid groups (broad SMARTS) is 1. The van der Waals surface area contributed by atoms with E-state index in [2.05, 4.69) is 42.2 Å². The second-order valence-corrected chi connectivity index (χ2v) is 10.3. The largest absolute Gasteiger partial charge is 0.492 e. The van der Waals surface area contributed by atoms with Gasteiger partial charge >= 0.3 is 5.97 Å². The van der Waals surface area contributed by atoms with Crippen molar-refractivity contribution in [1.29, 1.82) is 0 Å². The van der Waals surface area contributed by atoms with Gasteiger partial charge in [0.15, 0.2) is 0 Å². The fourth-order valence-corrected chi connectivity index (χ4v) is 5.57. The fraction of sp³-hybridized carbons (Fsp3) is 0.273. The highest BCUT2D eigenvalue weighted by Gasteiger charge is 2.27. The van der Waals surface area contributed by atoms with E-state index in [1.165, 1.54) is 27.8 Å². The number of hydrogen-bond acceptors (Lipinski definition) is 6. The van der Waals surface area contributed by atoms with Gasteiger partial charge in [0, 0.05) is 29.8 Å². The van der Waals surface area contributed by atoms with Gasteiger partial charge in [0.25, 0.3) is 0 Å². The average molecular weight is 538 g/mol. The van der Waals surface area contributed by atoms with E-state index in [-0.39, 0.29) is 12.3 Å². The van der Waals surface area contributed by atoms with Gasteiger partial charge in [-0.05, 0) is 83.0 Å². The molecule has 0 bridgehead atoms. The number of pyridine rings is 1. The molecule has 1 aromatic heterocycles. The quantitative estimate of drug-likeness (QED) is 0.255. The van der Waals surface area contributed by atoms with Crippen molar-refractivity contribution in [3.63, 3.8) is 0 Å². The van der Waals surface area contributed by atoms with Crippen LogP contribution in [0.4, 0.5) is 0 Å². The zero-order valence-electron chi connectivity index (χ0n) is 22.6. The average Bonchev–Trinajstić information content (AvgIpc) is 3.33. The number of nitrogens with zero attached hydrogens (tertiary/aromatic N) is 1. The van der Waals surface area contributed by atoms with Crippen molar-refractivity contribution < 1.29 is 28.8 Å². The molecule has 6 rings (SSSR count). The standard InChI is InChI=1S/C33H31NO6/c1-20-12-29(39-18-22-10-11-34-31(14-22)37-2)27-8-9-28(27)33(20)23-5-3-4-21(13-23)17-38-25-6-7-26-24(15-32(35)36)19-40-30(26)16-25/h3-7,10-14,16,24H,8-9,15,17-19H2,1-2H3,(H,35,36)/t24-/m1/s1. The minimum atomic E-state index is -0.819. The Morgan fingerprint density at radius 2 is 1.82 bits per heavy atom. The third-order valence-electron chi connectivity index (χ3n) is 7.64. The molecule has 4 aromatic rings. The molecule has 0 saturated heterocycles. The van der Waals surface area contributed by atoms with Gasteiger partial charge in [-0.1, -0.05) is 24.3 Å². The van der Waals surface area contributed by atoms with E-state index >= 15 is 0 Å². The monoisotopic (exact) mass is 537 g/mol. The third-order valence-corrected chi connectivity index (χ3v) is 7.64. The summed E-state index contributed by atoms with van der Waals surface area (Å²) in [5, 5.41) is 9.13. The van der Waals surface area contributed by atoms with Crippen molar-refractivity contribution in [1.82, 2.24) is 4.98 Å². The lowest BCUT2D eigenvalue weighted by atomic mass is 9.79. The summed E-state index contributed by atoms with van der Waals surface area (Å²) in [5.41, 5.74) is 9.29. The number of methoxy groups -OCH3 is 1. The first-order valence-corrected chi connectivity index (χ1v) is 13.5. The number of rotatable bonds is 10. The summed E-state index contributed by atoms with van der Waals surface area (Å²) in [6, 6.07) is 20.1. The molecule has 0 unspecified atom stereocenters. The van der Waals surface area contributed by atoms with E-state index in [9.17, 15) is 4.79 Å². The van der Waals surface area contributed by atoms with Gasteiger partial charge in [-0.15, -0.1) is 0 Å². The Kier molecular flexibility index (Phi) is 7.03. The molecule has 1 aliphatic carbocycles. The summed E-state index contributed by atoms with van der Waals surface area (Å²) in [4.78, 5) is 15.3. The summed E-state index contributed by atoms with van der Waals surface area (Å²) >= 11 is 0. The van der Waals surface area contributed by atoms with E-state index in [1.54, 1.807) is 13.3 Å². The maximum absolute atomic E-state index is 11.1. The molecule has 7 heteroatoms. The summed E-state index contributed by atoms with van der Waals surface area (Å²) in [6.07, 6.45) is 3.84. The molecule has 0 radical (unpaired) electrons. The molecule has 40 heavy (non-hydrogen) atoms. The van der Waals surface area contributed by atoms with Gasteiger partial charge in [0.05, 0.1) is 20.1 Å². The SMILES string of the molecule is COc1cc(COc2cc(C)c(-c3cccc(COc4ccc5c(c4)OC[C@H]5CC(=O)O)c3)c3c2CC3)ccn1. The predicted octanol–water partition coefficient (Wildman–Crippen LogP) is 6.27. The van der Waals surface area contributed by atoms with E-state index in [1.807, 2.05) is 30.3 Å². The lowest BCUT2D eigenvalue weighted by Crippen LogP contribution is -2.14. The smallest absolute Gasteiger partial charge is 0.304 e. The first-order valence-electron chi connectivity index (χ1n) is 13.5. The van der Waals surface area contributed by atoms with Crippen molar-refractivity contribution in [2.24, 2.45) is 0 Å². The van der Waals surface area contributed by atoms with Crippen molar-refractivity contribution in [3.8, 4) is 34.3 Å². The molecule has 7 nitrogen and oxygen atoms in total. The number of benzene rings is 3. The molecule has 204 valence electrons. The third kappa shape index (κ3) is 5.19. The van der Waals surface area contributed by atoms with Crippen molar-refractivity contribution >= 4 is 5.97 Å². The Labute approximate surface area is 233 Å². The maximum atomic E-state index is 11.1. The van der Waals surface area contributed by atoms with Crippen LogP contribution < -0.4 is 18.9 Å². The molecule has 1 N–H and O–H groups in total. The van der Waals surface area contributed by atoms with Crippen LogP contribution in [0.15, 0.2) is 66.9 Å². The van der Waals surface area contributed by atoms with Crippen LogP contribution in [0.5, 0.6) is 23.1 Å². The first-order chi connectivity index (χ1) is 19.5. The zero-order chi connectivity index (χ0) is 27.6. The van der Waals surface area contributed by atoms with Gasteiger partial charge in [0.1, 0.15) is 30.5 Å². The van der Waals surface area contributed by atoms with Gasteiger partial charge in [0.2, 0.25) is 5.88 Å². The van der Waals surface area contributed by atoms with Crippen molar-refractivity contribution in [2.45, 2.75) is 45.3 Å². The highest BCUT2D eigenvalue weighted by Crippen LogP contribution is 2.43. The number of carboxylic acids is 1. The molecule has 2 heterocycles. The van der Waals surface area contributed by atoms with Gasteiger partial charge in [-0.2, -0.15) is 0 Å². The summed E-state index contributed by atoms with van der Waals surface area (Å²) < 4.78 is 23.3. The van der Waals surface area contributed by atoms with E-state index < -0.39 is 5.97 Å². The molecule has 0 amide bonds. The van der Waals surface area contributed by atoms with Crippen molar-refractivity contribution in [3.05, 3.63) is 100 Å². The summed E-state index contributed by atoms with van der Waals surface area (Å²) in [6.45, 7) is 3.41. The molecule has 0 fully saturated rings. The van der Waals surface area contributed by atoms with Gasteiger partial charge in [-0.25, -0.2) is 4.98 Å². The number of aliphatic carboxylic acids is 1. The molecule has 0 spiro atoms. The highest BCUT2D eigenvalue weighted by molar-refractivity contribution is 5.76. The van der Waals surface area contributed by atoms with Crippen molar-refractivity contribution in [2.75, 3.05) is 13.7 Å². The minimum Gasteiger partial charge on any atom is -0.492 e. The Balaban J connectivity index is 1.16. The molecule has 0 saturated carbocycles. The summed E-state index contributed by atoms with van der Waals surface area (Å²) in [7, 11) is 1.61. The molecule has 1 atom stereocenters. The van der Waals surface area contributed by atoms with Crippen LogP contribution in [0.25, 0.3) is 11.1 Å². The summed E-state index contributed by atoms with van der Waals surface area (Å²) in [5.74, 6) is 2.00. The van der Waals surface area contributed by atoms with E-state index in [0.717, 1.165) is 35.3 Å². The maximum Gasteiger partial charge on any atom is 0.304 e. The normalized spacial score (nSPS) is 14.9. The van der Waals surface area contributed by atoms with Crippen LogP contribution in [0.3, 0.4) is 0 Å². The minimum absolute atomic E-state index is 0.0657. The van der Waals surface area contributed by atoms with E-state index in [4.69, 9.17) is 24.1 Å². The van der Waals surface area contributed by atoms with Crippen LogP contribution >= 0.6 is 0 Å². The number of hydrogen-bond donors (Lipinski definition) is 1. The van der Waals surface area contributed by atoms with E-state index in [0.29, 0.717) is 37.2 Å². The zero-order valence-corrected chi connectivity index (χ0v) is 22.6. The first kappa shape index (κ1) is 25.7. The topological polar surface area (TPSA) is 87.1 Å².